The van der Waals surface area contributed by atoms with Crippen molar-refractivity contribution in [1.82, 2.24) is 4.90 Å². The molecule has 6 heteroatoms. The molecule has 0 aromatic carbocycles. The zero-order valence-electron chi connectivity index (χ0n) is 7.40. The predicted molar refractivity (Wildman–Crippen MR) is 45.0 cm³/mol. The molecule has 0 saturated carbocycles. The third-order valence-electron chi connectivity index (χ3n) is 1.60. The summed E-state index contributed by atoms with van der Waals surface area (Å²) in [5.41, 5.74) is 5.42. The zero-order valence-corrected chi connectivity index (χ0v) is 7.40. The number of rotatable bonds is 4. The van der Waals surface area contributed by atoms with Gasteiger partial charge < -0.3 is 21.1 Å². The van der Waals surface area contributed by atoms with E-state index in [-0.39, 0.29) is 11.3 Å². The summed E-state index contributed by atoms with van der Waals surface area (Å²) in [6, 6.07) is 0. The summed E-state index contributed by atoms with van der Waals surface area (Å²) >= 11 is 0. The van der Waals surface area contributed by atoms with Crippen LogP contribution in [0.5, 0.6) is 0 Å². The molecule has 0 aliphatic rings. The molecule has 0 unspecified atom stereocenters. The molecule has 76 valence electrons. The Hall–Kier alpha value is -1.11. The highest BCUT2D eigenvalue weighted by atomic mass is 16.3. The van der Waals surface area contributed by atoms with Crippen LogP contribution >= 0.6 is 0 Å². The van der Waals surface area contributed by atoms with E-state index in [1.807, 2.05) is 0 Å². The number of hydrogen-bond acceptors (Lipinski definition) is 5. The number of aliphatic hydroxyl groups is 3. The number of aliphatic hydroxyl groups excluding tert-OH is 3. The molecule has 0 atom stereocenters. The number of amides is 1. The van der Waals surface area contributed by atoms with E-state index < -0.39 is 26.0 Å². The SMILES string of the molecule is C/C(C(=O)N(CO)CO)=C(/N)CO. The second-order valence-corrected chi connectivity index (χ2v) is 2.44. The Morgan fingerprint density at radius 1 is 1.31 bits per heavy atom. The third kappa shape index (κ3) is 3.02. The largest absolute Gasteiger partial charge is 0.400 e. The molecule has 0 aromatic rings. The number of nitrogens with two attached hydrogens (primary N) is 1. The molecule has 0 aromatic heterocycles. The van der Waals surface area contributed by atoms with E-state index in [9.17, 15) is 4.79 Å². The van der Waals surface area contributed by atoms with Crippen molar-refractivity contribution in [3.05, 3.63) is 11.3 Å². The van der Waals surface area contributed by atoms with Crippen LogP contribution in [0.2, 0.25) is 0 Å². The van der Waals surface area contributed by atoms with Gasteiger partial charge in [-0.05, 0) is 6.92 Å². The first kappa shape index (κ1) is 11.9. The van der Waals surface area contributed by atoms with Gasteiger partial charge in [0.15, 0.2) is 0 Å². The molecule has 0 spiro atoms. The molecule has 6 nitrogen and oxygen atoms in total. The van der Waals surface area contributed by atoms with Crippen molar-refractivity contribution in [2.24, 2.45) is 5.73 Å². The van der Waals surface area contributed by atoms with Crippen LogP contribution in [0, 0.1) is 0 Å². The second kappa shape index (κ2) is 5.52. The zero-order chi connectivity index (χ0) is 10.4. The maximum absolute atomic E-state index is 11.3. The monoisotopic (exact) mass is 190 g/mol. The van der Waals surface area contributed by atoms with Crippen molar-refractivity contribution in [3.63, 3.8) is 0 Å². The Labute approximate surface area is 75.9 Å². The van der Waals surface area contributed by atoms with Gasteiger partial charge in [-0.15, -0.1) is 0 Å². The standard InChI is InChI=1S/C7H14N2O4/c1-5(6(8)2-10)7(13)9(3-11)4-12/h10-12H,2-4,8H2,1H3/b6-5-. The summed E-state index contributed by atoms with van der Waals surface area (Å²) < 4.78 is 0. The molecule has 0 fully saturated rings. The van der Waals surface area contributed by atoms with Gasteiger partial charge in [0.2, 0.25) is 0 Å². The Bertz CT molecular complexity index is 211. The summed E-state index contributed by atoms with van der Waals surface area (Å²) in [5.74, 6) is -0.600. The number of carbonyl (C=O) groups is 1. The molecular formula is C7H14N2O4. The fourth-order valence-corrected chi connectivity index (χ4v) is 0.666. The van der Waals surface area contributed by atoms with Crippen molar-refractivity contribution >= 4 is 5.91 Å². The third-order valence-corrected chi connectivity index (χ3v) is 1.60. The molecular weight excluding hydrogens is 176 g/mol. The first-order chi connectivity index (χ1) is 6.08. The fourth-order valence-electron chi connectivity index (χ4n) is 0.666. The van der Waals surface area contributed by atoms with E-state index in [2.05, 4.69) is 0 Å². The van der Waals surface area contributed by atoms with Crippen LogP contribution in [0.4, 0.5) is 0 Å². The highest BCUT2D eigenvalue weighted by Gasteiger charge is 2.15. The van der Waals surface area contributed by atoms with Crippen LogP contribution in [0.15, 0.2) is 11.3 Å². The van der Waals surface area contributed by atoms with E-state index in [1.54, 1.807) is 0 Å². The lowest BCUT2D eigenvalue weighted by Gasteiger charge is -2.17. The summed E-state index contributed by atoms with van der Waals surface area (Å²) in [7, 11) is 0. The molecule has 0 aliphatic carbocycles. The molecule has 1 amide bonds. The van der Waals surface area contributed by atoms with Crippen LogP contribution in [0.3, 0.4) is 0 Å². The van der Waals surface area contributed by atoms with Gasteiger partial charge in [0, 0.05) is 11.3 Å². The minimum atomic E-state index is -0.600. The van der Waals surface area contributed by atoms with Crippen molar-refractivity contribution in [2.45, 2.75) is 6.92 Å². The lowest BCUT2D eigenvalue weighted by atomic mass is 10.2. The molecule has 5 N–H and O–H groups in total. The van der Waals surface area contributed by atoms with Crippen molar-refractivity contribution in [1.29, 1.82) is 0 Å². The minimum absolute atomic E-state index is 0.0249. The Morgan fingerprint density at radius 3 is 2.08 bits per heavy atom. The van der Waals surface area contributed by atoms with Gasteiger partial charge in [0.25, 0.3) is 5.91 Å². The Morgan fingerprint density at radius 2 is 1.77 bits per heavy atom. The summed E-state index contributed by atoms with van der Waals surface area (Å²) in [4.78, 5) is 12.0. The van der Waals surface area contributed by atoms with Gasteiger partial charge >= 0.3 is 0 Å². The van der Waals surface area contributed by atoms with E-state index in [0.29, 0.717) is 0 Å². The summed E-state index contributed by atoms with van der Waals surface area (Å²) in [5, 5.41) is 25.8. The van der Waals surface area contributed by atoms with Gasteiger partial charge in [0.1, 0.15) is 13.5 Å². The minimum Gasteiger partial charge on any atom is -0.400 e. The van der Waals surface area contributed by atoms with E-state index >= 15 is 0 Å². The average Bonchev–Trinajstić information content (AvgIpc) is 2.17. The molecule has 0 aliphatic heterocycles. The molecule has 0 radical (unpaired) electrons. The van der Waals surface area contributed by atoms with Crippen LogP contribution in [-0.4, -0.2) is 46.2 Å². The van der Waals surface area contributed by atoms with Crippen LogP contribution in [0.25, 0.3) is 0 Å². The van der Waals surface area contributed by atoms with E-state index in [4.69, 9.17) is 21.1 Å². The van der Waals surface area contributed by atoms with Crippen molar-refractivity contribution in [2.75, 3.05) is 20.1 Å². The quantitative estimate of drug-likeness (QED) is 0.301. The topological polar surface area (TPSA) is 107 Å². The molecule has 0 rings (SSSR count). The lowest BCUT2D eigenvalue weighted by molar-refractivity contribution is -0.135. The number of nitrogens with zero attached hydrogens (tertiary/aromatic N) is 1. The smallest absolute Gasteiger partial charge is 0.254 e. The van der Waals surface area contributed by atoms with Gasteiger partial charge in [-0.3, -0.25) is 9.69 Å². The highest BCUT2D eigenvalue weighted by Crippen LogP contribution is 2.02. The second-order valence-electron chi connectivity index (χ2n) is 2.44. The fraction of sp³-hybridized carbons (Fsp3) is 0.571. The Kier molecular flexibility index (Phi) is 5.05. The Balaban J connectivity index is 4.58. The van der Waals surface area contributed by atoms with Crippen molar-refractivity contribution in [3.8, 4) is 0 Å². The first-order valence-electron chi connectivity index (χ1n) is 3.65. The van der Waals surface area contributed by atoms with Gasteiger partial charge in [-0.1, -0.05) is 0 Å². The molecule has 0 bridgehead atoms. The average molecular weight is 190 g/mol. The van der Waals surface area contributed by atoms with Crippen LogP contribution in [0.1, 0.15) is 6.92 Å². The van der Waals surface area contributed by atoms with E-state index in [1.165, 1.54) is 6.92 Å². The number of carbonyl (C=O) groups excluding carboxylic acids is 1. The van der Waals surface area contributed by atoms with E-state index in [0.717, 1.165) is 4.90 Å². The van der Waals surface area contributed by atoms with Crippen LogP contribution in [-0.2, 0) is 4.79 Å². The lowest BCUT2D eigenvalue weighted by Crippen LogP contribution is -2.34. The maximum Gasteiger partial charge on any atom is 0.254 e. The first-order valence-corrected chi connectivity index (χ1v) is 3.65. The summed E-state index contributed by atoms with van der Waals surface area (Å²) in [6.07, 6.45) is 0. The predicted octanol–water partition coefficient (Wildman–Crippen LogP) is -2.06. The van der Waals surface area contributed by atoms with Crippen molar-refractivity contribution < 1.29 is 20.1 Å². The van der Waals surface area contributed by atoms with Gasteiger partial charge in [-0.25, -0.2) is 0 Å². The van der Waals surface area contributed by atoms with Gasteiger partial charge in [-0.2, -0.15) is 0 Å². The molecule has 0 heterocycles. The highest BCUT2D eigenvalue weighted by molar-refractivity contribution is 5.93. The maximum atomic E-state index is 11.3. The molecule has 13 heavy (non-hydrogen) atoms. The van der Waals surface area contributed by atoms with Crippen LogP contribution < -0.4 is 5.73 Å². The number of hydrogen-bond donors (Lipinski definition) is 4. The van der Waals surface area contributed by atoms with Gasteiger partial charge in [0.05, 0.1) is 6.61 Å². The normalized spacial score (nSPS) is 12.3. The molecule has 0 saturated heterocycles. The summed E-state index contributed by atoms with van der Waals surface area (Å²) in [6.45, 7) is -0.203.